The summed E-state index contributed by atoms with van der Waals surface area (Å²) in [7, 11) is 0. The number of aromatic amines is 1. The molecule has 3 heteroatoms. The second kappa shape index (κ2) is 5.54. The Morgan fingerprint density at radius 3 is 2.52 bits per heavy atom. The van der Waals surface area contributed by atoms with Crippen molar-refractivity contribution in [2.24, 2.45) is 0 Å². The van der Waals surface area contributed by atoms with Gasteiger partial charge in [-0.3, -0.25) is 4.79 Å². The fraction of sp³-hybridized carbons (Fsp3) is 0. The van der Waals surface area contributed by atoms with Crippen LogP contribution in [0.1, 0.15) is 10.4 Å². The van der Waals surface area contributed by atoms with Crippen molar-refractivity contribution in [3.8, 4) is 22.3 Å². The molecule has 0 aliphatic carbocycles. The molecule has 0 aliphatic rings. The number of benzene rings is 2. The molecule has 110 valence electrons. The molecule has 4 aromatic rings. The molecule has 23 heavy (non-hydrogen) atoms. The van der Waals surface area contributed by atoms with E-state index in [9.17, 15) is 4.79 Å². The van der Waals surface area contributed by atoms with Crippen molar-refractivity contribution in [3.05, 3.63) is 78.6 Å². The van der Waals surface area contributed by atoms with Gasteiger partial charge in [-0.15, -0.1) is 0 Å². The lowest BCUT2D eigenvalue weighted by Crippen LogP contribution is -1.84. The van der Waals surface area contributed by atoms with Crippen LogP contribution in [0, 0.1) is 0 Å². The van der Waals surface area contributed by atoms with E-state index in [1.165, 1.54) is 0 Å². The Labute approximate surface area is 133 Å². The van der Waals surface area contributed by atoms with Crippen LogP contribution in [-0.2, 0) is 0 Å². The Balaban J connectivity index is 1.89. The summed E-state index contributed by atoms with van der Waals surface area (Å²) in [5.41, 5.74) is 5.78. The van der Waals surface area contributed by atoms with Crippen molar-refractivity contribution in [2.75, 3.05) is 0 Å². The van der Waals surface area contributed by atoms with Gasteiger partial charge in [-0.05, 0) is 23.3 Å². The van der Waals surface area contributed by atoms with Gasteiger partial charge in [-0.25, -0.2) is 4.98 Å². The summed E-state index contributed by atoms with van der Waals surface area (Å²) in [4.78, 5) is 18.7. The number of nitrogens with one attached hydrogen (secondary N) is 1. The van der Waals surface area contributed by atoms with E-state index >= 15 is 0 Å². The maximum Gasteiger partial charge on any atom is 0.150 e. The highest BCUT2D eigenvalue weighted by atomic mass is 16.1. The van der Waals surface area contributed by atoms with Crippen LogP contribution in [-0.4, -0.2) is 16.3 Å². The molecule has 3 nitrogen and oxygen atoms in total. The predicted octanol–water partition coefficient (Wildman–Crippen LogP) is 4.71. The molecule has 2 aromatic carbocycles. The highest BCUT2D eigenvalue weighted by Gasteiger charge is 2.09. The fourth-order valence-electron chi connectivity index (χ4n) is 2.81. The van der Waals surface area contributed by atoms with Gasteiger partial charge in [0.1, 0.15) is 11.9 Å². The average molecular weight is 298 g/mol. The third kappa shape index (κ3) is 2.42. The molecule has 0 atom stereocenters. The van der Waals surface area contributed by atoms with E-state index in [0.29, 0.717) is 5.56 Å². The zero-order chi connectivity index (χ0) is 15.6. The molecule has 0 fully saturated rings. The Morgan fingerprint density at radius 1 is 0.870 bits per heavy atom. The van der Waals surface area contributed by atoms with E-state index in [2.05, 4.69) is 28.2 Å². The number of rotatable bonds is 3. The van der Waals surface area contributed by atoms with Crippen LogP contribution >= 0.6 is 0 Å². The first kappa shape index (κ1) is 13.5. The number of nitrogens with zero attached hydrogens (tertiary/aromatic N) is 1. The Morgan fingerprint density at radius 2 is 1.70 bits per heavy atom. The fourth-order valence-corrected chi connectivity index (χ4v) is 2.81. The minimum atomic E-state index is 0.670. The van der Waals surface area contributed by atoms with Crippen LogP contribution in [0.5, 0.6) is 0 Å². The number of pyridine rings is 1. The molecule has 0 radical (unpaired) electrons. The largest absolute Gasteiger partial charge is 0.346 e. The van der Waals surface area contributed by atoms with Crippen LogP contribution in [0.2, 0.25) is 0 Å². The minimum Gasteiger partial charge on any atom is -0.346 e. The summed E-state index contributed by atoms with van der Waals surface area (Å²) in [6.45, 7) is 0. The first-order chi connectivity index (χ1) is 11.3. The van der Waals surface area contributed by atoms with Crippen molar-refractivity contribution >= 4 is 17.3 Å². The lowest BCUT2D eigenvalue weighted by Gasteiger charge is -2.04. The number of aldehydes is 1. The van der Waals surface area contributed by atoms with Crippen LogP contribution in [0.25, 0.3) is 33.3 Å². The molecule has 0 spiro atoms. The van der Waals surface area contributed by atoms with E-state index in [0.717, 1.165) is 39.6 Å². The van der Waals surface area contributed by atoms with E-state index in [1.807, 2.05) is 48.8 Å². The third-order valence-corrected chi connectivity index (χ3v) is 3.97. The Bertz CT molecular complexity index is 987. The SMILES string of the molecule is O=Cc1cccc(-c2c[nH]c3ncc(-c4ccccc4)cc23)c1. The molecule has 0 unspecified atom stereocenters. The number of carbonyl (C=O) groups is 1. The number of aromatic nitrogens is 2. The molecule has 2 aromatic heterocycles. The molecule has 1 N–H and O–H groups in total. The second-order valence-corrected chi connectivity index (χ2v) is 5.43. The van der Waals surface area contributed by atoms with Crippen LogP contribution in [0.15, 0.2) is 73.1 Å². The van der Waals surface area contributed by atoms with Crippen molar-refractivity contribution < 1.29 is 4.79 Å². The van der Waals surface area contributed by atoms with E-state index in [-0.39, 0.29) is 0 Å². The van der Waals surface area contributed by atoms with Gasteiger partial charge in [0.25, 0.3) is 0 Å². The summed E-state index contributed by atoms with van der Waals surface area (Å²) in [5, 5.41) is 1.05. The van der Waals surface area contributed by atoms with Crippen molar-refractivity contribution in [1.29, 1.82) is 0 Å². The minimum absolute atomic E-state index is 0.670. The molecule has 0 amide bonds. The zero-order valence-corrected chi connectivity index (χ0v) is 12.4. The second-order valence-electron chi connectivity index (χ2n) is 5.43. The Kier molecular flexibility index (Phi) is 3.24. The molecule has 0 aliphatic heterocycles. The quantitative estimate of drug-likeness (QED) is 0.557. The first-order valence-electron chi connectivity index (χ1n) is 7.43. The smallest absolute Gasteiger partial charge is 0.150 e. The molecule has 0 bridgehead atoms. The van der Waals surface area contributed by atoms with Gasteiger partial charge in [0.05, 0.1) is 0 Å². The topological polar surface area (TPSA) is 45.8 Å². The van der Waals surface area contributed by atoms with Gasteiger partial charge < -0.3 is 4.98 Å². The molecular weight excluding hydrogens is 284 g/mol. The third-order valence-electron chi connectivity index (χ3n) is 3.97. The molecule has 4 rings (SSSR count). The summed E-state index contributed by atoms with van der Waals surface area (Å²) in [6.07, 6.45) is 4.68. The predicted molar refractivity (Wildman–Crippen MR) is 92.4 cm³/mol. The number of hydrogen-bond donors (Lipinski definition) is 1. The highest BCUT2D eigenvalue weighted by Crippen LogP contribution is 2.31. The van der Waals surface area contributed by atoms with E-state index in [1.54, 1.807) is 6.07 Å². The summed E-state index contributed by atoms with van der Waals surface area (Å²) in [6, 6.07) is 19.9. The van der Waals surface area contributed by atoms with Gasteiger partial charge in [-0.2, -0.15) is 0 Å². The van der Waals surface area contributed by atoms with Gasteiger partial charge in [0, 0.05) is 34.5 Å². The number of H-pyrrole nitrogens is 1. The maximum atomic E-state index is 11.0. The van der Waals surface area contributed by atoms with Crippen LogP contribution in [0.4, 0.5) is 0 Å². The van der Waals surface area contributed by atoms with E-state index in [4.69, 9.17) is 0 Å². The number of fused-ring (bicyclic) bond motifs is 1. The highest BCUT2D eigenvalue weighted by molar-refractivity contribution is 5.96. The van der Waals surface area contributed by atoms with Crippen LogP contribution in [0.3, 0.4) is 0 Å². The lowest BCUT2D eigenvalue weighted by atomic mass is 10.0. The monoisotopic (exact) mass is 298 g/mol. The van der Waals surface area contributed by atoms with Gasteiger partial charge in [0.2, 0.25) is 0 Å². The lowest BCUT2D eigenvalue weighted by molar-refractivity contribution is 0.112. The van der Waals surface area contributed by atoms with Gasteiger partial charge >= 0.3 is 0 Å². The number of carbonyl (C=O) groups excluding carboxylic acids is 1. The summed E-state index contributed by atoms with van der Waals surface area (Å²) < 4.78 is 0. The molecule has 0 saturated heterocycles. The summed E-state index contributed by atoms with van der Waals surface area (Å²) in [5.74, 6) is 0. The van der Waals surface area contributed by atoms with Gasteiger partial charge in [0.15, 0.2) is 0 Å². The normalized spacial score (nSPS) is 10.8. The molecule has 0 saturated carbocycles. The average Bonchev–Trinajstić information content (AvgIpc) is 3.05. The first-order valence-corrected chi connectivity index (χ1v) is 7.43. The standard InChI is InChI=1S/C20H14N2O/c23-13-14-5-4-8-16(9-14)19-12-22-20-18(19)10-17(11-21-20)15-6-2-1-3-7-15/h1-13H,(H,21,22). The number of hydrogen-bond acceptors (Lipinski definition) is 2. The van der Waals surface area contributed by atoms with Crippen LogP contribution < -0.4 is 0 Å². The Hall–Kier alpha value is -3.20. The van der Waals surface area contributed by atoms with Crippen molar-refractivity contribution in [3.63, 3.8) is 0 Å². The molecular formula is C20H14N2O. The van der Waals surface area contributed by atoms with Crippen molar-refractivity contribution in [2.45, 2.75) is 0 Å². The van der Waals surface area contributed by atoms with Gasteiger partial charge in [-0.1, -0.05) is 48.5 Å². The van der Waals surface area contributed by atoms with E-state index < -0.39 is 0 Å². The van der Waals surface area contributed by atoms with Crippen molar-refractivity contribution in [1.82, 2.24) is 9.97 Å². The summed E-state index contributed by atoms with van der Waals surface area (Å²) >= 11 is 0. The maximum absolute atomic E-state index is 11.0. The molecule has 2 heterocycles. The zero-order valence-electron chi connectivity index (χ0n) is 12.4.